The molecule has 1 aromatic rings. The summed E-state index contributed by atoms with van der Waals surface area (Å²) in [5.41, 5.74) is 0.291. The van der Waals surface area contributed by atoms with Crippen LogP contribution in [-0.2, 0) is 4.79 Å². The Balaban J connectivity index is 2.79. The average molecular weight is 305 g/mol. The zero-order valence-electron chi connectivity index (χ0n) is 13.0. The third-order valence-corrected chi connectivity index (χ3v) is 3.26. The molecule has 0 saturated carbocycles. The molecule has 22 heavy (non-hydrogen) atoms. The second-order valence-corrected chi connectivity index (χ2v) is 5.37. The monoisotopic (exact) mass is 305 g/mol. The molecule has 1 unspecified atom stereocenters. The van der Waals surface area contributed by atoms with Crippen LogP contribution >= 0.6 is 0 Å². The SMILES string of the molecule is CC(C)C(NC(=O)c1ccc(F)cc1)C(=O)N(C)CCC#N. The molecule has 0 aliphatic heterocycles. The number of likely N-dealkylation sites (N-methyl/N-ethyl adjacent to an activating group) is 1. The van der Waals surface area contributed by atoms with Gasteiger partial charge in [-0.2, -0.15) is 5.26 Å². The maximum atomic E-state index is 12.9. The van der Waals surface area contributed by atoms with Gasteiger partial charge in [0.05, 0.1) is 12.5 Å². The molecule has 1 rings (SSSR count). The van der Waals surface area contributed by atoms with Gasteiger partial charge < -0.3 is 10.2 Å². The summed E-state index contributed by atoms with van der Waals surface area (Å²) >= 11 is 0. The standard InChI is InChI=1S/C16H20FN3O2/c1-11(2)14(16(22)20(3)10-4-9-18)19-15(21)12-5-7-13(17)8-6-12/h5-8,11,14H,4,10H2,1-3H3,(H,19,21). The second kappa shape index (κ2) is 8.13. The van der Waals surface area contributed by atoms with Gasteiger partial charge in [-0.05, 0) is 30.2 Å². The molecule has 0 bridgehead atoms. The van der Waals surface area contributed by atoms with E-state index in [9.17, 15) is 14.0 Å². The highest BCUT2D eigenvalue weighted by atomic mass is 19.1. The first-order valence-electron chi connectivity index (χ1n) is 7.05. The van der Waals surface area contributed by atoms with Crippen LogP contribution in [0.4, 0.5) is 4.39 Å². The quantitative estimate of drug-likeness (QED) is 0.873. The first kappa shape index (κ1) is 17.6. The summed E-state index contributed by atoms with van der Waals surface area (Å²) in [4.78, 5) is 25.9. The lowest BCUT2D eigenvalue weighted by molar-refractivity contribution is -0.132. The van der Waals surface area contributed by atoms with Crippen LogP contribution in [0, 0.1) is 23.1 Å². The van der Waals surface area contributed by atoms with Crippen molar-refractivity contribution in [2.75, 3.05) is 13.6 Å². The van der Waals surface area contributed by atoms with Crippen molar-refractivity contribution in [3.63, 3.8) is 0 Å². The van der Waals surface area contributed by atoms with E-state index in [0.717, 1.165) is 0 Å². The van der Waals surface area contributed by atoms with Crippen molar-refractivity contribution >= 4 is 11.8 Å². The number of hydrogen-bond acceptors (Lipinski definition) is 3. The number of nitriles is 1. The lowest BCUT2D eigenvalue weighted by Gasteiger charge is -2.26. The summed E-state index contributed by atoms with van der Waals surface area (Å²) in [6, 6.07) is 6.41. The van der Waals surface area contributed by atoms with Crippen molar-refractivity contribution in [1.29, 1.82) is 5.26 Å². The molecule has 118 valence electrons. The van der Waals surface area contributed by atoms with Gasteiger partial charge in [0.2, 0.25) is 5.91 Å². The second-order valence-electron chi connectivity index (χ2n) is 5.37. The molecular weight excluding hydrogens is 285 g/mol. The Labute approximate surface area is 129 Å². The van der Waals surface area contributed by atoms with E-state index < -0.39 is 17.8 Å². The van der Waals surface area contributed by atoms with Crippen LogP contribution in [0.5, 0.6) is 0 Å². The van der Waals surface area contributed by atoms with Crippen molar-refractivity contribution in [2.24, 2.45) is 5.92 Å². The summed E-state index contributed by atoms with van der Waals surface area (Å²) in [7, 11) is 1.60. The van der Waals surface area contributed by atoms with Crippen LogP contribution in [0.25, 0.3) is 0 Å². The number of hydrogen-bond donors (Lipinski definition) is 1. The third kappa shape index (κ3) is 4.85. The van der Waals surface area contributed by atoms with Gasteiger partial charge in [-0.3, -0.25) is 9.59 Å². The van der Waals surface area contributed by atoms with Crippen LogP contribution in [0.3, 0.4) is 0 Å². The third-order valence-electron chi connectivity index (χ3n) is 3.26. The van der Waals surface area contributed by atoms with E-state index in [2.05, 4.69) is 5.32 Å². The topological polar surface area (TPSA) is 73.2 Å². The molecule has 0 aromatic heterocycles. The number of nitrogens with zero attached hydrogens (tertiary/aromatic N) is 2. The van der Waals surface area contributed by atoms with Crippen molar-refractivity contribution in [3.8, 4) is 6.07 Å². The van der Waals surface area contributed by atoms with Gasteiger partial charge in [0, 0.05) is 19.2 Å². The average Bonchev–Trinajstić information content (AvgIpc) is 2.49. The van der Waals surface area contributed by atoms with Crippen molar-refractivity contribution in [1.82, 2.24) is 10.2 Å². The van der Waals surface area contributed by atoms with Gasteiger partial charge in [-0.1, -0.05) is 13.8 Å². The normalized spacial score (nSPS) is 11.6. The molecule has 0 radical (unpaired) electrons. The van der Waals surface area contributed by atoms with Crippen LogP contribution in [0.2, 0.25) is 0 Å². The zero-order valence-corrected chi connectivity index (χ0v) is 13.0. The molecule has 0 fully saturated rings. The molecule has 0 saturated heterocycles. The number of amides is 2. The van der Waals surface area contributed by atoms with Gasteiger partial charge in [-0.15, -0.1) is 0 Å². The summed E-state index contributed by atoms with van der Waals surface area (Å²) in [6.45, 7) is 3.96. The minimum atomic E-state index is -0.693. The van der Waals surface area contributed by atoms with Gasteiger partial charge in [0.25, 0.3) is 5.91 Å². The Bertz CT molecular complexity index is 564. The Hall–Kier alpha value is -2.42. The Morgan fingerprint density at radius 1 is 1.32 bits per heavy atom. The van der Waals surface area contributed by atoms with E-state index >= 15 is 0 Å². The van der Waals surface area contributed by atoms with Crippen LogP contribution in [-0.4, -0.2) is 36.3 Å². The highest BCUT2D eigenvalue weighted by molar-refractivity contribution is 5.97. The van der Waals surface area contributed by atoms with E-state index in [-0.39, 0.29) is 18.2 Å². The molecule has 0 aliphatic carbocycles. The minimum absolute atomic E-state index is 0.110. The molecule has 1 N–H and O–H groups in total. The van der Waals surface area contributed by atoms with E-state index in [4.69, 9.17) is 5.26 Å². The van der Waals surface area contributed by atoms with Crippen molar-refractivity contribution in [2.45, 2.75) is 26.3 Å². The lowest BCUT2D eigenvalue weighted by Crippen LogP contribution is -2.50. The van der Waals surface area contributed by atoms with Gasteiger partial charge in [-0.25, -0.2) is 4.39 Å². The fourth-order valence-electron chi connectivity index (χ4n) is 1.90. The summed E-state index contributed by atoms with van der Waals surface area (Å²) in [6.07, 6.45) is 0.235. The Morgan fingerprint density at radius 2 is 1.91 bits per heavy atom. The Kier molecular flexibility index (Phi) is 6.51. The summed E-state index contributed by atoms with van der Waals surface area (Å²) in [5.74, 6) is -1.22. The highest BCUT2D eigenvalue weighted by Gasteiger charge is 2.27. The van der Waals surface area contributed by atoms with E-state index in [1.165, 1.54) is 29.2 Å². The molecule has 1 aromatic carbocycles. The van der Waals surface area contributed by atoms with E-state index in [1.54, 1.807) is 7.05 Å². The summed E-state index contributed by atoms with van der Waals surface area (Å²) < 4.78 is 12.9. The van der Waals surface area contributed by atoms with Crippen molar-refractivity contribution in [3.05, 3.63) is 35.6 Å². The predicted octanol–water partition coefficient (Wildman–Crippen LogP) is 1.95. The maximum Gasteiger partial charge on any atom is 0.251 e. The van der Waals surface area contributed by atoms with Gasteiger partial charge >= 0.3 is 0 Å². The van der Waals surface area contributed by atoms with E-state index in [1.807, 2.05) is 19.9 Å². The smallest absolute Gasteiger partial charge is 0.251 e. The van der Waals surface area contributed by atoms with Gasteiger partial charge in [0.15, 0.2) is 0 Å². The van der Waals surface area contributed by atoms with Crippen LogP contribution < -0.4 is 5.32 Å². The Morgan fingerprint density at radius 3 is 2.41 bits per heavy atom. The van der Waals surface area contributed by atoms with Crippen molar-refractivity contribution < 1.29 is 14.0 Å². The number of halogens is 1. The van der Waals surface area contributed by atoms with E-state index in [0.29, 0.717) is 12.1 Å². The number of carbonyl (C=O) groups excluding carboxylic acids is 2. The molecule has 1 atom stereocenters. The molecule has 5 nitrogen and oxygen atoms in total. The molecule has 0 heterocycles. The largest absolute Gasteiger partial charge is 0.343 e. The van der Waals surface area contributed by atoms with Gasteiger partial charge in [0.1, 0.15) is 11.9 Å². The maximum absolute atomic E-state index is 12.9. The number of nitrogens with one attached hydrogen (secondary N) is 1. The summed E-state index contributed by atoms with van der Waals surface area (Å²) in [5, 5.41) is 11.2. The molecule has 6 heteroatoms. The molecule has 2 amide bonds. The zero-order chi connectivity index (χ0) is 16.7. The first-order chi connectivity index (χ1) is 10.4. The predicted molar refractivity (Wildman–Crippen MR) is 80.4 cm³/mol. The molecular formula is C16H20FN3O2. The highest BCUT2D eigenvalue weighted by Crippen LogP contribution is 2.09. The first-order valence-corrected chi connectivity index (χ1v) is 7.05. The molecule has 0 aliphatic rings. The van der Waals surface area contributed by atoms with Crippen LogP contribution in [0.1, 0.15) is 30.6 Å². The van der Waals surface area contributed by atoms with Crippen LogP contribution in [0.15, 0.2) is 24.3 Å². The lowest BCUT2D eigenvalue weighted by atomic mass is 10.0. The number of rotatable bonds is 6. The fourth-order valence-corrected chi connectivity index (χ4v) is 1.90. The number of benzene rings is 1. The molecule has 0 spiro atoms. The minimum Gasteiger partial charge on any atom is -0.343 e. The number of carbonyl (C=O) groups is 2. The fraction of sp³-hybridized carbons (Fsp3) is 0.438.